The number of aromatic nitrogens is 3. The molecule has 0 spiro atoms. The van der Waals surface area contributed by atoms with Gasteiger partial charge in [-0.3, -0.25) is 14.3 Å². The summed E-state index contributed by atoms with van der Waals surface area (Å²) >= 11 is 0. The minimum Gasteiger partial charge on any atom is -0.347 e. The summed E-state index contributed by atoms with van der Waals surface area (Å²) in [5.41, 5.74) is 0.624. The molecule has 1 aliphatic rings. The average molecular weight is 333 g/mol. The molecule has 0 aliphatic carbocycles. The van der Waals surface area contributed by atoms with Crippen molar-refractivity contribution in [3.05, 3.63) is 52.0 Å². The first kappa shape index (κ1) is 16.4. The van der Waals surface area contributed by atoms with Crippen LogP contribution in [0.2, 0.25) is 0 Å². The Morgan fingerprint density at radius 1 is 1.33 bits per heavy atom. The number of hydrogen-bond acceptors (Lipinski definition) is 4. The Bertz CT molecular complexity index is 811. The standard InChI is InChI=1S/C16H20FN5O2/c1-19(2)15(23)11-22-16(24)21-7-6-20(10-14(21)18-22)9-12-4-3-5-13(17)8-12/h3-5,8H,6-7,9-11H2,1-2H3. The van der Waals surface area contributed by atoms with Crippen molar-refractivity contribution < 1.29 is 9.18 Å². The Balaban J connectivity index is 1.74. The zero-order chi connectivity index (χ0) is 17.3. The maximum absolute atomic E-state index is 13.3. The summed E-state index contributed by atoms with van der Waals surface area (Å²) in [4.78, 5) is 27.6. The van der Waals surface area contributed by atoms with Gasteiger partial charge in [0.05, 0.1) is 6.54 Å². The summed E-state index contributed by atoms with van der Waals surface area (Å²) < 4.78 is 16.1. The highest BCUT2D eigenvalue weighted by Crippen LogP contribution is 2.13. The monoisotopic (exact) mass is 333 g/mol. The minimum absolute atomic E-state index is 0.0598. The number of likely N-dealkylation sites (N-methyl/N-ethyl adjacent to an activating group) is 1. The third-order valence-corrected chi connectivity index (χ3v) is 4.08. The van der Waals surface area contributed by atoms with Gasteiger partial charge < -0.3 is 4.90 Å². The van der Waals surface area contributed by atoms with E-state index in [1.807, 2.05) is 6.07 Å². The SMILES string of the molecule is CN(C)C(=O)Cn1nc2n(c1=O)CCN(Cc1cccc(F)c1)C2. The molecule has 0 radical (unpaired) electrons. The van der Waals surface area contributed by atoms with Gasteiger partial charge in [-0.15, -0.1) is 0 Å². The van der Waals surface area contributed by atoms with Crippen LogP contribution < -0.4 is 5.69 Å². The number of rotatable bonds is 4. The molecular formula is C16H20FN5O2. The largest absolute Gasteiger partial charge is 0.347 e. The Kier molecular flexibility index (Phi) is 4.48. The van der Waals surface area contributed by atoms with Crippen molar-refractivity contribution in [2.45, 2.75) is 26.2 Å². The first-order valence-corrected chi connectivity index (χ1v) is 7.77. The fourth-order valence-corrected chi connectivity index (χ4v) is 2.75. The average Bonchev–Trinajstić information content (AvgIpc) is 2.83. The van der Waals surface area contributed by atoms with Gasteiger partial charge in [-0.05, 0) is 17.7 Å². The normalized spacial score (nSPS) is 14.5. The molecule has 0 saturated heterocycles. The van der Waals surface area contributed by atoms with Crippen LogP contribution in [0.4, 0.5) is 4.39 Å². The molecule has 0 atom stereocenters. The Morgan fingerprint density at radius 2 is 2.12 bits per heavy atom. The summed E-state index contributed by atoms with van der Waals surface area (Å²) in [7, 11) is 3.29. The van der Waals surface area contributed by atoms with E-state index in [1.165, 1.54) is 21.7 Å². The third kappa shape index (κ3) is 3.38. The van der Waals surface area contributed by atoms with Crippen LogP contribution in [0.25, 0.3) is 0 Å². The highest BCUT2D eigenvalue weighted by Gasteiger charge is 2.23. The highest BCUT2D eigenvalue weighted by molar-refractivity contribution is 5.75. The van der Waals surface area contributed by atoms with Gasteiger partial charge in [0.2, 0.25) is 5.91 Å². The van der Waals surface area contributed by atoms with E-state index in [4.69, 9.17) is 0 Å². The van der Waals surface area contributed by atoms with Crippen LogP contribution in [-0.2, 0) is 31.0 Å². The third-order valence-electron chi connectivity index (χ3n) is 4.08. The lowest BCUT2D eigenvalue weighted by Crippen LogP contribution is -2.38. The van der Waals surface area contributed by atoms with E-state index >= 15 is 0 Å². The van der Waals surface area contributed by atoms with Crippen molar-refractivity contribution in [2.75, 3.05) is 20.6 Å². The van der Waals surface area contributed by atoms with Crippen molar-refractivity contribution in [3.63, 3.8) is 0 Å². The van der Waals surface area contributed by atoms with Gasteiger partial charge in [-0.2, -0.15) is 5.10 Å². The van der Waals surface area contributed by atoms with E-state index in [2.05, 4.69) is 10.00 Å². The number of benzene rings is 1. The van der Waals surface area contributed by atoms with Crippen LogP contribution in [0.1, 0.15) is 11.4 Å². The molecular weight excluding hydrogens is 313 g/mol. The summed E-state index contributed by atoms with van der Waals surface area (Å²) in [5, 5.41) is 4.29. The maximum Gasteiger partial charge on any atom is 0.346 e. The fraction of sp³-hybridized carbons (Fsp3) is 0.438. The molecule has 0 N–H and O–H groups in total. The van der Waals surface area contributed by atoms with Crippen LogP contribution >= 0.6 is 0 Å². The predicted octanol–water partition coefficient (Wildman–Crippen LogP) is 0.288. The van der Waals surface area contributed by atoms with E-state index in [-0.39, 0.29) is 24.0 Å². The second-order valence-electron chi connectivity index (χ2n) is 6.14. The van der Waals surface area contributed by atoms with Crippen molar-refractivity contribution in [1.82, 2.24) is 24.1 Å². The Morgan fingerprint density at radius 3 is 2.83 bits per heavy atom. The Labute approximate surface area is 138 Å². The zero-order valence-corrected chi connectivity index (χ0v) is 13.8. The van der Waals surface area contributed by atoms with Crippen LogP contribution in [0.3, 0.4) is 0 Å². The second-order valence-corrected chi connectivity index (χ2v) is 6.14. The molecule has 0 saturated carbocycles. The minimum atomic E-state index is -0.259. The summed E-state index contributed by atoms with van der Waals surface area (Å²) in [6, 6.07) is 6.49. The molecule has 1 amide bonds. The molecule has 0 fully saturated rings. The van der Waals surface area contributed by atoms with E-state index in [9.17, 15) is 14.0 Å². The number of carbonyl (C=O) groups excluding carboxylic acids is 1. The molecule has 0 bridgehead atoms. The quantitative estimate of drug-likeness (QED) is 0.807. The Hall–Kier alpha value is -2.48. The summed E-state index contributed by atoms with van der Waals surface area (Å²) in [6.45, 7) is 2.22. The number of amides is 1. The smallest absolute Gasteiger partial charge is 0.346 e. The number of hydrogen-bond donors (Lipinski definition) is 0. The lowest BCUT2D eigenvalue weighted by Gasteiger charge is -2.26. The van der Waals surface area contributed by atoms with Crippen molar-refractivity contribution in [1.29, 1.82) is 0 Å². The molecule has 0 unspecified atom stereocenters. The second kappa shape index (κ2) is 6.56. The van der Waals surface area contributed by atoms with E-state index < -0.39 is 0 Å². The number of nitrogens with zero attached hydrogens (tertiary/aromatic N) is 5. The molecule has 3 rings (SSSR count). The molecule has 1 aromatic carbocycles. The van der Waals surface area contributed by atoms with E-state index in [0.717, 1.165) is 5.56 Å². The van der Waals surface area contributed by atoms with Crippen LogP contribution in [0, 0.1) is 5.82 Å². The maximum atomic E-state index is 13.3. The topological polar surface area (TPSA) is 63.4 Å². The van der Waals surface area contributed by atoms with Gasteiger partial charge in [0, 0.05) is 33.7 Å². The van der Waals surface area contributed by atoms with Gasteiger partial charge in [-0.25, -0.2) is 13.9 Å². The van der Waals surface area contributed by atoms with Crippen LogP contribution in [0.15, 0.2) is 29.1 Å². The van der Waals surface area contributed by atoms with Gasteiger partial charge in [0.1, 0.15) is 18.2 Å². The molecule has 2 heterocycles. The number of halogens is 1. The zero-order valence-electron chi connectivity index (χ0n) is 13.8. The summed E-state index contributed by atoms with van der Waals surface area (Å²) in [6.07, 6.45) is 0. The van der Waals surface area contributed by atoms with Crippen molar-refractivity contribution in [2.24, 2.45) is 0 Å². The molecule has 7 nitrogen and oxygen atoms in total. The van der Waals surface area contributed by atoms with Crippen LogP contribution in [-0.4, -0.2) is 50.7 Å². The lowest BCUT2D eigenvalue weighted by atomic mass is 10.2. The van der Waals surface area contributed by atoms with Gasteiger partial charge in [0.25, 0.3) is 0 Å². The number of carbonyl (C=O) groups is 1. The first-order valence-electron chi connectivity index (χ1n) is 7.77. The van der Waals surface area contributed by atoms with Gasteiger partial charge in [-0.1, -0.05) is 12.1 Å². The molecule has 128 valence electrons. The highest BCUT2D eigenvalue weighted by atomic mass is 19.1. The van der Waals surface area contributed by atoms with Crippen LogP contribution in [0.5, 0.6) is 0 Å². The molecule has 1 aromatic heterocycles. The molecule has 24 heavy (non-hydrogen) atoms. The van der Waals surface area contributed by atoms with E-state index in [0.29, 0.717) is 32.0 Å². The van der Waals surface area contributed by atoms with Gasteiger partial charge in [0.15, 0.2) is 0 Å². The van der Waals surface area contributed by atoms with Crippen molar-refractivity contribution in [3.8, 4) is 0 Å². The molecule has 2 aromatic rings. The first-order chi connectivity index (χ1) is 11.4. The summed E-state index contributed by atoms with van der Waals surface area (Å²) in [5.74, 6) is 0.200. The fourth-order valence-electron chi connectivity index (χ4n) is 2.75. The molecule has 1 aliphatic heterocycles. The van der Waals surface area contributed by atoms with Gasteiger partial charge >= 0.3 is 5.69 Å². The predicted molar refractivity (Wildman–Crippen MR) is 85.7 cm³/mol. The lowest BCUT2D eigenvalue weighted by molar-refractivity contribution is -0.129. The number of fused-ring (bicyclic) bond motifs is 1. The van der Waals surface area contributed by atoms with Crippen molar-refractivity contribution >= 4 is 5.91 Å². The molecule has 8 heteroatoms. The van der Waals surface area contributed by atoms with E-state index in [1.54, 1.807) is 24.7 Å².